The SMILES string of the molecule is O=C(/C=C/c1ccco1)N1c2ccccc2Sc2ccccc21. The topological polar surface area (TPSA) is 33.5 Å². The lowest BCUT2D eigenvalue weighted by atomic mass is 10.2. The number of amides is 1. The van der Waals surface area contributed by atoms with Crippen molar-refractivity contribution in [2.75, 3.05) is 4.90 Å². The van der Waals surface area contributed by atoms with E-state index in [-0.39, 0.29) is 5.91 Å². The monoisotopic (exact) mass is 319 g/mol. The maximum atomic E-state index is 12.8. The van der Waals surface area contributed by atoms with E-state index in [1.165, 1.54) is 0 Å². The molecule has 2 heterocycles. The molecule has 1 aliphatic rings. The second kappa shape index (κ2) is 5.82. The molecule has 0 bridgehead atoms. The lowest BCUT2D eigenvalue weighted by Gasteiger charge is -2.30. The van der Waals surface area contributed by atoms with Gasteiger partial charge in [-0.25, -0.2) is 0 Å². The molecular weight excluding hydrogens is 306 g/mol. The number of nitrogens with zero attached hydrogens (tertiary/aromatic N) is 1. The van der Waals surface area contributed by atoms with Crippen LogP contribution >= 0.6 is 11.8 Å². The molecule has 4 heteroatoms. The van der Waals surface area contributed by atoms with Gasteiger partial charge in [-0.05, 0) is 42.5 Å². The number of carbonyl (C=O) groups excluding carboxylic acids is 1. The van der Waals surface area contributed by atoms with E-state index in [1.54, 1.807) is 41.1 Å². The first-order valence-electron chi connectivity index (χ1n) is 7.24. The zero-order valence-corrected chi connectivity index (χ0v) is 13.0. The van der Waals surface area contributed by atoms with E-state index >= 15 is 0 Å². The van der Waals surface area contributed by atoms with Gasteiger partial charge in [0.2, 0.25) is 0 Å². The number of hydrogen-bond acceptors (Lipinski definition) is 3. The molecule has 0 saturated heterocycles. The normalized spacial score (nSPS) is 13.0. The maximum absolute atomic E-state index is 12.8. The van der Waals surface area contributed by atoms with Gasteiger partial charge >= 0.3 is 0 Å². The van der Waals surface area contributed by atoms with Gasteiger partial charge in [-0.1, -0.05) is 36.0 Å². The Morgan fingerprint density at radius 2 is 1.57 bits per heavy atom. The molecule has 2 aromatic carbocycles. The number of furan rings is 1. The minimum atomic E-state index is -0.0957. The predicted octanol–water partition coefficient (Wildman–Crippen LogP) is 5.12. The fraction of sp³-hybridized carbons (Fsp3) is 0. The Labute approximate surface area is 138 Å². The fourth-order valence-electron chi connectivity index (χ4n) is 2.56. The van der Waals surface area contributed by atoms with E-state index in [2.05, 4.69) is 0 Å². The Hall–Kier alpha value is -2.72. The lowest BCUT2D eigenvalue weighted by molar-refractivity contribution is -0.113. The van der Waals surface area contributed by atoms with Crippen LogP contribution in [-0.4, -0.2) is 5.91 Å². The Balaban J connectivity index is 1.76. The molecule has 0 unspecified atom stereocenters. The third-order valence-electron chi connectivity index (χ3n) is 3.59. The number of carbonyl (C=O) groups is 1. The molecule has 0 fully saturated rings. The van der Waals surface area contributed by atoms with Gasteiger partial charge in [0.25, 0.3) is 5.91 Å². The van der Waals surface area contributed by atoms with E-state index in [4.69, 9.17) is 4.42 Å². The lowest BCUT2D eigenvalue weighted by Crippen LogP contribution is -2.26. The van der Waals surface area contributed by atoms with E-state index in [1.807, 2.05) is 54.6 Å². The van der Waals surface area contributed by atoms with Crippen LogP contribution in [0.25, 0.3) is 6.08 Å². The summed E-state index contributed by atoms with van der Waals surface area (Å²) < 4.78 is 5.25. The van der Waals surface area contributed by atoms with Crippen LogP contribution in [0.5, 0.6) is 0 Å². The number of hydrogen-bond donors (Lipinski definition) is 0. The van der Waals surface area contributed by atoms with E-state index in [9.17, 15) is 4.79 Å². The van der Waals surface area contributed by atoms with Gasteiger partial charge in [-0.3, -0.25) is 9.69 Å². The molecular formula is C19H13NO2S. The summed E-state index contributed by atoms with van der Waals surface area (Å²) in [6.45, 7) is 0. The summed E-state index contributed by atoms with van der Waals surface area (Å²) in [4.78, 5) is 16.7. The van der Waals surface area contributed by atoms with Crippen LogP contribution in [0.15, 0.2) is 87.2 Å². The highest BCUT2D eigenvalue weighted by molar-refractivity contribution is 7.99. The van der Waals surface area contributed by atoms with Gasteiger partial charge in [0.15, 0.2) is 0 Å². The minimum Gasteiger partial charge on any atom is -0.465 e. The fourth-order valence-corrected chi connectivity index (χ4v) is 3.61. The van der Waals surface area contributed by atoms with Crippen molar-refractivity contribution in [3.63, 3.8) is 0 Å². The molecule has 3 aromatic rings. The molecule has 3 nitrogen and oxygen atoms in total. The van der Waals surface area contributed by atoms with Crippen LogP contribution in [0, 0.1) is 0 Å². The Kier molecular flexibility index (Phi) is 3.52. The third-order valence-corrected chi connectivity index (χ3v) is 4.72. The summed E-state index contributed by atoms with van der Waals surface area (Å²) in [6, 6.07) is 19.5. The van der Waals surface area contributed by atoms with Crippen molar-refractivity contribution in [3.8, 4) is 0 Å². The zero-order chi connectivity index (χ0) is 15.6. The standard InChI is InChI=1S/C19H13NO2S/c21-19(12-11-14-6-5-13-22-14)20-15-7-1-3-9-17(15)23-18-10-4-2-8-16(18)20/h1-13H/b12-11+. The summed E-state index contributed by atoms with van der Waals surface area (Å²) in [5, 5.41) is 0. The second-order valence-corrected chi connectivity index (χ2v) is 6.14. The number of para-hydroxylation sites is 2. The smallest absolute Gasteiger partial charge is 0.255 e. The van der Waals surface area contributed by atoms with Gasteiger partial charge in [-0.15, -0.1) is 0 Å². The van der Waals surface area contributed by atoms with Gasteiger partial charge in [0.1, 0.15) is 5.76 Å². The highest BCUT2D eigenvalue weighted by Gasteiger charge is 2.26. The summed E-state index contributed by atoms with van der Waals surface area (Å²) >= 11 is 1.68. The van der Waals surface area contributed by atoms with E-state index in [0.29, 0.717) is 5.76 Å². The Morgan fingerprint density at radius 3 is 2.17 bits per heavy atom. The number of anilines is 2. The molecule has 1 aromatic heterocycles. The largest absolute Gasteiger partial charge is 0.465 e. The number of benzene rings is 2. The molecule has 1 amide bonds. The molecule has 4 rings (SSSR count). The van der Waals surface area contributed by atoms with Crippen LogP contribution in [0.2, 0.25) is 0 Å². The van der Waals surface area contributed by atoms with Gasteiger partial charge in [-0.2, -0.15) is 0 Å². The van der Waals surface area contributed by atoms with Crippen molar-refractivity contribution in [2.45, 2.75) is 9.79 Å². The second-order valence-electron chi connectivity index (χ2n) is 5.06. The maximum Gasteiger partial charge on any atom is 0.255 e. The van der Waals surface area contributed by atoms with Gasteiger partial charge < -0.3 is 4.42 Å². The van der Waals surface area contributed by atoms with Crippen LogP contribution in [0.4, 0.5) is 11.4 Å². The highest BCUT2D eigenvalue weighted by atomic mass is 32.2. The van der Waals surface area contributed by atoms with Crippen LogP contribution in [-0.2, 0) is 4.79 Å². The Bertz CT molecular complexity index is 838. The molecule has 0 spiro atoms. The van der Waals surface area contributed by atoms with Crippen LogP contribution < -0.4 is 4.90 Å². The number of fused-ring (bicyclic) bond motifs is 2. The molecule has 0 aliphatic carbocycles. The van der Waals surface area contributed by atoms with Crippen molar-refractivity contribution >= 4 is 35.1 Å². The van der Waals surface area contributed by atoms with Crippen molar-refractivity contribution in [1.29, 1.82) is 0 Å². The van der Waals surface area contributed by atoms with Crippen LogP contribution in [0.1, 0.15) is 5.76 Å². The quantitative estimate of drug-likeness (QED) is 0.615. The summed E-state index contributed by atoms with van der Waals surface area (Å²) in [6.07, 6.45) is 4.82. The van der Waals surface area contributed by atoms with Crippen molar-refractivity contribution in [3.05, 3.63) is 78.8 Å². The number of rotatable bonds is 2. The molecule has 0 saturated carbocycles. The molecule has 0 N–H and O–H groups in total. The average molecular weight is 319 g/mol. The van der Waals surface area contributed by atoms with Crippen molar-refractivity contribution < 1.29 is 9.21 Å². The molecule has 0 atom stereocenters. The summed E-state index contributed by atoms with van der Waals surface area (Å²) in [5.41, 5.74) is 1.82. The van der Waals surface area contributed by atoms with Crippen molar-refractivity contribution in [2.24, 2.45) is 0 Å². The molecule has 0 radical (unpaired) electrons. The predicted molar refractivity (Wildman–Crippen MR) is 91.9 cm³/mol. The van der Waals surface area contributed by atoms with Gasteiger partial charge in [0.05, 0.1) is 17.6 Å². The van der Waals surface area contributed by atoms with E-state index in [0.717, 1.165) is 21.2 Å². The van der Waals surface area contributed by atoms with Crippen LogP contribution in [0.3, 0.4) is 0 Å². The first-order valence-corrected chi connectivity index (χ1v) is 8.06. The third kappa shape index (κ3) is 2.58. The summed E-state index contributed by atoms with van der Waals surface area (Å²) in [7, 11) is 0. The molecule has 112 valence electrons. The first-order chi connectivity index (χ1) is 11.3. The average Bonchev–Trinajstić information content (AvgIpc) is 3.11. The molecule has 1 aliphatic heterocycles. The van der Waals surface area contributed by atoms with Crippen molar-refractivity contribution in [1.82, 2.24) is 0 Å². The minimum absolute atomic E-state index is 0.0957. The first kappa shape index (κ1) is 13.9. The summed E-state index contributed by atoms with van der Waals surface area (Å²) in [5.74, 6) is 0.563. The Morgan fingerprint density at radius 1 is 0.913 bits per heavy atom. The van der Waals surface area contributed by atoms with E-state index < -0.39 is 0 Å². The van der Waals surface area contributed by atoms with Gasteiger partial charge in [0, 0.05) is 15.9 Å². The highest BCUT2D eigenvalue weighted by Crippen LogP contribution is 2.47. The zero-order valence-electron chi connectivity index (χ0n) is 12.2. The molecule has 23 heavy (non-hydrogen) atoms.